The van der Waals surface area contributed by atoms with E-state index in [4.69, 9.17) is 4.74 Å². The molecule has 1 aliphatic heterocycles. The predicted molar refractivity (Wildman–Crippen MR) is 103 cm³/mol. The second kappa shape index (κ2) is 9.14. The third-order valence-electron chi connectivity index (χ3n) is 4.56. The van der Waals surface area contributed by atoms with Gasteiger partial charge in [0.1, 0.15) is 5.56 Å². The average molecular weight is 368 g/mol. The number of carbonyl (C=O) groups excluding carboxylic acids is 2. The quantitative estimate of drug-likeness (QED) is 0.814. The zero-order valence-corrected chi connectivity index (χ0v) is 15.4. The van der Waals surface area contributed by atoms with Crippen LogP contribution in [0.2, 0.25) is 0 Å². The van der Waals surface area contributed by atoms with Gasteiger partial charge in [-0.3, -0.25) is 14.5 Å². The minimum Gasteiger partial charge on any atom is -0.480 e. The highest BCUT2D eigenvalue weighted by atomic mass is 16.5. The topological polar surface area (TPSA) is 83.6 Å². The number of anilines is 1. The number of nitrogens with one attached hydrogen (secondary N) is 2. The fraction of sp³-hybridized carbons (Fsp3) is 0.350. The third-order valence-corrected chi connectivity index (χ3v) is 4.56. The van der Waals surface area contributed by atoms with Crippen LogP contribution in [0.25, 0.3) is 0 Å². The number of piperidine rings is 1. The van der Waals surface area contributed by atoms with Gasteiger partial charge in [0.25, 0.3) is 5.91 Å². The van der Waals surface area contributed by atoms with E-state index < -0.39 is 0 Å². The molecular formula is C20H24N4O3. The van der Waals surface area contributed by atoms with Crippen molar-refractivity contribution in [3.05, 3.63) is 54.2 Å². The summed E-state index contributed by atoms with van der Waals surface area (Å²) in [6.07, 6.45) is 3.19. The molecule has 2 amide bonds. The number of likely N-dealkylation sites (tertiary alicyclic amines) is 1. The second-order valence-corrected chi connectivity index (χ2v) is 6.50. The number of rotatable bonds is 6. The number of hydrogen-bond donors (Lipinski definition) is 2. The minimum absolute atomic E-state index is 0.0243. The monoisotopic (exact) mass is 368 g/mol. The summed E-state index contributed by atoms with van der Waals surface area (Å²) >= 11 is 0. The first-order chi connectivity index (χ1) is 13.2. The Labute approximate surface area is 158 Å². The minimum atomic E-state index is -0.180. The first kappa shape index (κ1) is 18.8. The van der Waals surface area contributed by atoms with Crippen molar-refractivity contribution in [1.82, 2.24) is 15.2 Å². The summed E-state index contributed by atoms with van der Waals surface area (Å²) in [4.78, 5) is 30.8. The molecule has 2 heterocycles. The molecule has 7 nitrogen and oxygen atoms in total. The highest BCUT2D eigenvalue weighted by Crippen LogP contribution is 2.16. The summed E-state index contributed by atoms with van der Waals surface area (Å²) in [5.41, 5.74) is 1.24. The van der Waals surface area contributed by atoms with E-state index in [1.165, 1.54) is 7.11 Å². The molecule has 1 aromatic heterocycles. The summed E-state index contributed by atoms with van der Waals surface area (Å²) in [5.74, 6) is 0.119. The number of aromatic nitrogens is 1. The molecule has 27 heavy (non-hydrogen) atoms. The Morgan fingerprint density at radius 2 is 1.89 bits per heavy atom. The van der Waals surface area contributed by atoms with E-state index in [-0.39, 0.29) is 17.9 Å². The maximum atomic E-state index is 12.4. The van der Waals surface area contributed by atoms with Crippen molar-refractivity contribution in [3.8, 4) is 5.88 Å². The van der Waals surface area contributed by atoms with Gasteiger partial charge in [0.15, 0.2) is 0 Å². The van der Waals surface area contributed by atoms with Gasteiger partial charge in [0, 0.05) is 31.0 Å². The number of carbonyl (C=O) groups is 2. The van der Waals surface area contributed by atoms with Crippen LogP contribution in [0.4, 0.5) is 5.69 Å². The molecule has 3 rings (SSSR count). The second-order valence-electron chi connectivity index (χ2n) is 6.50. The first-order valence-corrected chi connectivity index (χ1v) is 9.03. The maximum absolute atomic E-state index is 12.4. The number of para-hydroxylation sites is 1. The van der Waals surface area contributed by atoms with Crippen molar-refractivity contribution >= 4 is 17.5 Å². The number of amides is 2. The van der Waals surface area contributed by atoms with Gasteiger partial charge in [-0.1, -0.05) is 18.2 Å². The summed E-state index contributed by atoms with van der Waals surface area (Å²) in [5, 5.41) is 5.93. The van der Waals surface area contributed by atoms with Crippen molar-refractivity contribution in [2.24, 2.45) is 0 Å². The Kier molecular flexibility index (Phi) is 6.38. The summed E-state index contributed by atoms with van der Waals surface area (Å²) in [7, 11) is 1.50. The number of benzene rings is 1. The molecule has 0 aliphatic carbocycles. The largest absolute Gasteiger partial charge is 0.480 e. The highest BCUT2D eigenvalue weighted by molar-refractivity contribution is 5.96. The lowest BCUT2D eigenvalue weighted by molar-refractivity contribution is -0.117. The molecule has 1 aromatic carbocycles. The number of pyridine rings is 1. The van der Waals surface area contributed by atoms with Gasteiger partial charge in [-0.25, -0.2) is 4.98 Å². The van der Waals surface area contributed by atoms with Crippen LogP contribution < -0.4 is 15.4 Å². The summed E-state index contributed by atoms with van der Waals surface area (Å²) in [6, 6.07) is 12.9. The van der Waals surface area contributed by atoms with Crippen molar-refractivity contribution in [2.75, 3.05) is 32.1 Å². The Morgan fingerprint density at radius 1 is 1.15 bits per heavy atom. The van der Waals surface area contributed by atoms with Crippen LogP contribution in [0.1, 0.15) is 23.2 Å². The molecule has 0 radical (unpaired) electrons. The molecule has 1 aliphatic rings. The van der Waals surface area contributed by atoms with E-state index in [1.54, 1.807) is 18.3 Å². The molecule has 7 heteroatoms. The molecule has 0 unspecified atom stereocenters. The van der Waals surface area contributed by atoms with Gasteiger partial charge in [-0.15, -0.1) is 0 Å². The van der Waals surface area contributed by atoms with Crippen LogP contribution in [0.15, 0.2) is 48.7 Å². The van der Waals surface area contributed by atoms with Crippen LogP contribution >= 0.6 is 0 Å². The Balaban J connectivity index is 1.45. The van der Waals surface area contributed by atoms with Crippen LogP contribution in [-0.2, 0) is 4.79 Å². The standard InChI is InChI=1S/C20H24N4O3/c1-27-20-17(8-5-11-21-20)19(26)23-16-9-12-24(13-10-16)14-18(25)22-15-6-3-2-4-7-15/h2-8,11,16H,9-10,12-14H2,1H3,(H,22,25)(H,23,26). The summed E-state index contributed by atoms with van der Waals surface area (Å²) < 4.78 is 5.14. The van der Waals surface area contributed by atoms with E-state index in [1.807, 2.05) is 30.3 Å². The van der Waals surface area contributed by atoms with Gasteiger partial charge >= 0.3 is 0 Å². The van der Waals surface area contributed by atoms with Crippen LogP contribution in [0, 0.1) is 0 Å². The van der Waals surface area contributed by atoms with Gasteiger partial charge in [-0.2, -0.15) is 0 Å². The van der Waals surface area contributed by atoms with E-state index in [0.29, 0.717) is 18.0 Å². The lowest BCUT2D eigenvalue weighted by Crippen LogP contribution is -2.46. The van der Waals surface area contributed by atoms with E-state index in [9.17, 15) is 9.59 Å². The number of nitrogens with zero attached hydrogens (tertiary/aromatic N) is 2. The van der Waals surface area contributed by atoms with E-state index >= 15 is 0 Å². The maximum Gasteiger partial charge on any atom is 0.256 e. The zero-order valence-electron chi connectivity index (χ0n) is 15.4. The van der Waals surface area contributed by atoms with Crippen LogP contribution in [-0.4, -0.2) is 54.5 Å². The smallest absolute Gasteiger partial charge is 0.256 e. The normalized spacial score (nSPS) is 15.1. The summed E-state index contributed by atoms with van der Waals surface area (Å²) in [6.45, 7) is 1.88. The van der Waals surface area contributed by atoms with Crippen molar-refractivity contribution in [1.29, 1.82) is 0 Å². The van der Waals surface area contributed by atoms with E-state index in [0.717, 1.165) is 31.6 Å². The molecule has 1 fully saturated rings. The lowest BCUT2D eigenvalue weighted by Gasteiger charge is -2.31. The van der Waals surface area contributed by atoms with Crippen molar-refractivity contribution in [3.63, 3.8) is 0 Å². The molecular weight excluding hydrogens is 344 g/mol. The molecule has 2 N–H and O–H groups in total. The molecule has 0 atom stereocenters. The van der Waals surface area contributed by atoms with Crippen LogP contribution in [0.3, 0.4) is 0 Å². The third kappa shape index (κ3) is 5.27. The number of methoxy groups -OCH3 is 1. The van der Waals surface area contributed by atoms with E-state index in [2.05, 4.69) is 20.5 Å². The van der Waals surface area contributed by atoms with Crippen molar-refractivity contribution in [2.45, 2.75) is 18.9 Å². The van der Waals surface area contributed by atoms with Crippen LogP contribution in [0.5, 0.6) is 5.88 Å². The molecule has 142 valence electrons. The zero-order chi connectivity index (χ0) is 19.1. The van der Waals surface area contributed by atoms with Gasteiger partial charge in [0.05, 0.1) is 13.7 Å². The fourth-order valence-electron chi connectivity index (χ4n) is 3.15. The first-order valence-electron chi connectivity index (χ1n) is 9.03. The Morgan fingerprint density at radius 3 is 2.59 bits per heavy atom. The average Bonchev–Trinajstić information content (AvgIpc) is 2.70. The number of ether oxygens (including phenoxy) is 1. The molecule has 0 saturated carbocycles. The lowest BCUT2D eigenvalue weighted by atomic mass is 10.0. The molecule has 0 spiro atoms. The number of hydrogen-bond acceptors (Lipinski definition) is 5. The Hall–Kier alpha value is -2.93. The highest BCUT2D eigenvalue weighted by Gasteiger charge is 2.23. The van der Waals surface area contributed by atoms with Gasteiger partial charge in [0.2, 0.25) is 11.8 Å². The molecule has 0 bridgehead atoms. The fourth-order valence-corrected chi connectivity index (χ4v) is 3.15. The van der Waals surface area contributed by atoms with Crippen molar-refractivity contribution < 1.29 is 14.3 Å². The predicted octanol–water partition coefficient (Wildman–Crippen LogP) is 1.92. The SMILES string of the molecule is COc1ncccc1C(=O)NC1CCN(CC(=O)Nc2ccccc2)CC1. The Bertz CT molecular complexity index is 774. The van der Waals surface area contributed by atoms with Gasteiger partial charge < -0.3 is 15.4 Å². The molecule has 1 saturated heterocycles. The van der Waals surface area contributed by atoms with Gasteiger partial charge in [-0.05, 0) is 37.1 Å². The molecule has 2 aromatic rings.